The van der Waals surface area contributed by atoms with Crippen LogP contribution < -0.4 is 4.74 Å². The molecule has 2 aliphatic heterocycles. The quantitative estimate of drug-likeness (QED) is 0.543. The fourth-order valence-electron chi connectivity index (χ4n) is 4.82. The number of nitrogens with zero attached hydrogens (tertiary/aromatic N) is 2. The minimum Gasteiger partial charge on any atom is -0.491 e. The third-order valence-electron chi connectivity index (χ3n) is 6.26. The Hall–Kier alpha value is -3.71. The second-order valence-corrected chi connectivity index (χ2v) is 8.00. The smallest absolute Gasteiger partial charge is 0.256 e. The number of fused-ring (bicyclic) bond motifs is 3. The zero-order chi connectivity index (χ0) is 23.0. The summed E-state index contributed by atoms with van der Waals surface area (Å²) >= 11 is 0. The molecule has 0 bridgehead atoms. The third-order valence-corrected chi connectivity index (χ3v) is 6.26. The van der Waals surface area contributed by atoms with Gasteiger partial charge in [0, 0.05) is 42.5 Å². The van der Waals surface area contributed by atoms with Gasteiger partial charge in [-0.25, -0.2) is 4.39 Å². The Labute approximate surface area is 191 Å². The summed E-state index contributed by atoms with van der Waals surface area (Å²) in [5.74, 6) is -0.108. The van der Waals surface area contributed by atoms with E-state index in [4.69, 9.17) is 9.47 Å². The maximum absolute atomic E-state index is 13.7. The van der Waals surface area contributed by atoms with Crippen LogP contribution in [0.25, 0.3) is 0 Å². The number of rotatable bonds is 6. The number of hydrogen-bond donors (Lipinski definition) is 0. The van der Waals surface area contributed by atoms with Crippen LogP contribution in [0.4, 0.5) is 4.39 Å². The standard InChI is InChI=1S/C26H23FN2O4/c1-32-16-17-33-21-12-8-19(9-13-21)26-23-5-3-2-4-22(23)25(31)29(26)15-14-28(26)24(30)18-6-10-20(27)11-7-18/h2-13H,14-17H2,1H3. The van der Waals surface area contributed by atoms with Crippen LogP contribution >= 0.6 is 0 Å². The van der Waals surface area contributed by atoms with E-state index >= 15 is 0 Å². The Kier molecular flexibility index (Phi) is 5.34. The molecule has 33 heavy (non-hydrogen) atoms. The minimum atomic E-state index is -1.08. The van der Waals surface area contributed by atoms with Gasteiger partial charge < -0.3 is 19.3 Å². The molecule has 0 N–H and O–H groups in total. The molecule has 2 heterocycles. The number of benzene rings is 3. The molecule has 2 aliphatic rings. The second-order valence-electron chi connectivity index (χ2n) is 8.00. The van der Waals surface area contributed by atoms with Gasteiger partial charge in [-0.05, 0) is 42.5 Å². The molecule has 5 rings (SSSR count). The first-order valence-corrected chi connectivity index (χ1v) is 10.8. The topological polar surface area (TPSA) is 59.1 Å². The van der Waals surface area contributed by atoms with Crippen molar-refractivity contribution < 1.29 is 23.5 Å². The van der Waals surface area contributed by atoms with E-state index in [2.05, 4.69) is 0 Å². The number of hydrogen-bond acceptors (Lipinski definition) is 4. The zero-order valence-corrected chi connectivity index (χ0v) is 18.2. The number of ether oxygens (including phenoxy) is 2. The van der Waals surface area contributed by atoms with E-state index in [1.807, 2.05) is 42.5 Å². The lowest BCUT2D eigenvalue weighted by atomic mass is 9.89. The van der Waals surface area contributed by atoms with Crippen molar-refractivity contribution >= 4 is 11.8 Å². The molecule has 1 atom stereocenters. The monoisotopic (exact) mass is 446 g/mol. The number of halogens is 1. The first-order chi connectivity index (χ1) is 16.1. The molecule has 0 aliphatic carbocycles. The average molecular weight is 446 g/mol. The zero-order valence-electron chi connectivity index (χ0n) is 18.2. The lowest BCUT2D eigenvalue weighted by Gasteiger charge is -2.40. The Balaban J connectivity index is 1.62. The summed E-state index contributed by atoms with van der Waals surface area (Å²) in [7, 11) is 1.61. The molecule has 0 saturated carbocycles. The van der Waals surface area contributed by atoms with Gasteiger partial charge in [0.15, 0.2) is 5.66 Å². The van der Waals surface area contributed by atoms with E-state index in [1.54, 1.807) is 23.0 Å². The molecular formula is C26H23FN2O4. The molecule has 2 amide bonds. The van der Waals surface area contributed by atoms with Crippen molar-refractivity contribution in [1.82, 2.24) is 9.80 Å². The first-order valence-electron chi connectivity index (χ1n) is 10.8. The fraction of sp³-hybridized carbons (Fsp3) is 0.231. The van der Waals surface area contributed by atoms with E-state index in [9.17, 15) is 14.0 Å². The normalized spacial score (nSPS) is 18.9. The molecule has 6 nitrogen and oxygen atoms in total. The number of methoxy groups -OCH3 is 1. The van der Waals surface area contributed by atoms with Crippen molar-refractivity contribution in [2.24, 2.45) is 0 Å². The lowest BCUT2D eigenvalue weighted by molar-refractivity contribution is 0.0375. The van der Waals surface area contributed by atoms with Crippen LogP contribution in [0, 0.1) is 5.82 Å². The highest BCUT2D eigenvalue weighted by Crippen LogP contribution is 2.50. The van der Waals surface area contributed by atoms with E-state index in [-0.39, 0.29) is 11.8 Å². The van der Waals surface area contributed by atoms with Crippen LogP contribution in [-0.2, 0) is 10.4 Å². The summed E-state index contributed by atoms with van der Waals surface area (Å²) < 4.78 is 24.2. The predicted octanol–water partition coefficient (Wildman–Crippen LogP) is 3.66. The summed E-state index contributed by atoms with van der Waals surface area (Å²) in [4.78, 5) is 30.5. The molecule has 168 valence electrons. The van der Waals surface area contributed by atoms with Crippen molar-refractivity contribution in [1.29, 1.82) is 0 Å². The van der Waals surface area contributed by atoms with Gasteiger partial charge in [0.05, 0.1) is 6.61 Å². The number of carbonyl (C=O) groups excluding carboxylic acids is 2. The Morgan fingerprint density at radius 3 is 2.42 bits per heavy atom. The van der Waals surface area contributed by atoms with Gasteiger partial charge >= 0.3 is 0 Å². The van der Waals surface area contributed by atoms with Crippen molar-refractivity contribution in [3.8, 4) is 5.75 Å². The summed E-state index contributed by atoms with van der Waals surface area (Å²) in [6.45, 7) is 1.65. The van der Waals surface area contributed by atoms with E-state index < -0.39 is 11.5 Å². The van der Waals surface area contributed by atoms with Crippen molar-refractivity contribution in [2.45, 2.75) is 5.66 Å². The van der Waals surface area contributed by atoms with E-state index in [0.29, 0.717) is 43.2 Å². The summed E-state index contributed by atoms with van der Waals surface area (Å²) in [5, 5.41) is 0. The van der Waals surface area contributed by atoms with Crippen molar-refractivity contribution in [2.75, 3.05) is 33.4 Å². The maximum atomic E-state index is 13.7. The van der Waals surface area contributed by atoms with Gasteiger partial charge in [-0.3, -0.25) is 9.59 Å². The maximum Gasteiger partial charge on any atom is 0.256 e. The predicted molar refractivity (Wildman–Crippen MR) is 120 cm³/mol. The molecule has 0 aromatic heterocycles. The molecule has 7 heteroatoms. The molecule has 1 saturated heterocycles. The van der Waals surface area contributed by atoms with Crippen LogP contribution in [0.2, 0.25) is 0 Å². The minimum absolute atomic E-state index is 0.111. The molecule has 0 radical (unpaired) electrons. The summed E-state index contributed by atoms with van der Waals surface area (Å²) in [6.07, 6.45) is 0. The van der Waals surface area contributed by atoms with Crippen molar-refractivity contribution in [3.63, 3.8) is 0 Å². The molecule has 1 fully saturated rings. The molecule has 0 spiro atoms. The van der Waals surface area contributed by atoms with Crippen LogP contribution in [-0.4, -0.2) is 55.0 Å². The SMILES string of the molecule is COCCOc1ccc(C23c4ccccc4C(=O)N2CCN3C(=O)c2ccc(F)cc2)cc1. The van der Waals surface area contributed by atoms with Gasteiger partial charge in [0.25, 0.3) is 11.8 Å². The second kappa shape index (κ2) is 8.33. The third kappa shape index (κ3) is 3.27. The Bertz CT molecular complexity index is 1200. The Morgan fingerprint density at radius 1 is 0.970 bits per heavy atom. The number of amides is 2. The van der Waals surface area contributed by atoms with Gasteiger partial charge in [-0.2, -0.15) is 0 Å². The molecule has 3 aromatic carbocycles. The first kappa shape index (κ1) is 21.2. The highest BCUT2D eigenvalue weighted by atomic mass is 19.1. The van der Waals surface area contributed by atoms with Crippen molar-refractivity contribution in [3.05, 3.63) is 101 Å². The highest BCUT2D eigenvalue weighted by molar-refractivity contribution is 6.03. The largest absolute Gasteiger partial charge is 0.491 e. The van der Waals surface area contributed by atoms with Crippen LogP contribution in [0.15, 0.2) is 72.8 Å². The number of carbonyl (C=O) groups is 2. The van der Waals surface area contributed by atoms with Gasteiger partial charge in [-0.1, -0.05) is 30.3 Å². The molecule has 3 aromatic rings. The average Bonchev–Trinajstić information content (AvgIpc) is 3.35. The molecular weight excluding hydrogens is 423 g/mol. The van der Waals surface area contributed by atoms with Gasteiger partial charge in [0.1, 0.15) is 18.2 Å². The van der Waals surface area contributed by atoms with Gasteiger partial charge in [0.2, 0.25) is 0 Å². The summed E-state index contributed by atoms with van der Waals surface area (Å²) in [5.41, 5.74) is 1.41. The fourth-order valence-corrected chi connectivity index (χ4v) is 4.82. The van der Waals surface area contributed by atoms with Crippen LogP contribution in [0.3, 0.4) is 0 Å². The van der Waals surface area contributed by atoms with E-state index in [0.717, 1.165) is 11.1 Å². The van der Waals surface area contributed by atoms with Crippen LogP contribution in [0.1, 0.15) is 31.8 Å². The summed E-state index contributed by atoms with van der Waals surface area (Å²) in [6, 6.07) is 20.3. The molecule has 1 unspecified atom stereocenters. The van der Waals surface area contributed by atoms with E-state index in [1.165, 1.54) is 24.3 Å². The highest BCUT2D eigenvalue weighted by Gasteiger charge is 2.59. The Morgan fingerprint density at radius 2 is 1.70 bits per heavy atom. The lowest BCUT2D eigenvalue weighted by Crippen LogP contribution is -2.51. The van der Waals surface area contributed by atoms with Crippen LogP contribution in [0.5, 0.6) is 5.75 Å². The van der Waals surface area contributed by atoms with Gasteiger partial charge in [-0.15, -0.1) is 0 Å².